The van der Waals surface area contributed by atoms with Crippen LogP contribution < -0.4 is 0 Å². The van der Waals surface area contributed by atoms with Gasteiger partial charge in [-0.05, 0) is 16.8 Å². The molecule has 3 rings (SSSR count). The Morgan fingerprint density at radius 2 is 2.05 bits per heavy atom. The van der Waals surface area contributed by atoms with Crippen LogP contribution in [0.1, 0.15) is 5.56 Å². The average molecular weight is 271 g/mol. The third-order valence-electron chi connectivity index (χ3n) is 3.12. The summed E-state index contributed by atoms with van der Waals surface area (Å²) in [5, 5.41) is 3.31. The van der Waals surface area contributed by atoms with E-state index in [1.54, 1.807) is 11.8 Å². The molecule has 0 bridgehead atoms. The highest BCUT2D eigenvalue weighted by atomic mass is 32.2. The molecule has 1 unspecified atom stereocenters. The van der Waals surface area contributed by atoms with Gasteiger partial charge in [-0.3, -0.25) is 4.99 Å². The summed E-state index contributed by atoms with van der Waals surface area (Å²) in [6.45, 7) is 0. The maximum Gasteiger partial charge on any atom is 0.331 e. The number of esters is 1. The minimum atomic E-state index is -0.364. The predicted molar refractivity (Wildman–Crippen MR) is 78.7 cm³/mol. The number of thioether (sulfide) groups is 1. The fraction of sp³-hybridized carbons (Fsp3) is 0.200. The van der Waals surface area contributed by atoms with E-state index in [0.29, 0.717) is 5.75 Å². The van der Waals surface area contributed by atoms with Crippen molar-refractivity contribution in [2.75, 3.05) is 12.9 Å². The van der Waals surface area contributed by atoms with Gasteiger partial charge in [-0.25, -0.2) is 4.79 Å². The molecule has 0 radical (unpaired) electrons. The first-order valence-electron chi connectivity index (χ1n) is 6.05. The smallest absolute Gasteiger partial charge is 0.331 e. The topological polar surface area (TPSA) is 38.7 Å². The summed E-state index contributed by atoms with van der Waals surface area (Å²) >= 11 is 1.60. The van der Waals surface area contributed by atoms with Gasteiger partial charge >= 0.3 is 5.97 Å². The standard InChI is InChI=1S/C15H13NO2S/c1-18-15(17)13-9-19-14(16-13)12-7-6-10-4-2-3-5-11(10)8-12/h2-8,13H,9H2,1H3. The molecule has 0 spiro atoms. The van der Waals surface area contributed by atoms with Crippen molar-refractivity contribution in [1.29, 1.82) is 0 Å². The molecule has 0 aliphatic carbocycles. The van der Waals surface area contributed by atoms with Crippen LogP contribution in [-0.2, 0) is 9.53 Å². The number of carbonyl (C=O) groups excluding carboxylic acids is 1. The van der Waals surface area contributed by atoms with E-state index in [4.69, 9.17) is 4.74 Å². The van der Waals surface area contributed by atoms with E-state index in [9.17, 15) is 4.79 Å². The Hall–Kier alpha value is -1.81. The Labute approximate surface area is 115 Å². The highest BCUT2D eigenvalue weighted by Gasteiger charge is 2.26. The van der Waals surface area contributed by atoms with Crippen LogP contribution >= 0.6 is 11.8 Å². The molecular weight excluding hydrogens is 258 g/mol. The molecule has 4 heteroatoms. The first-order valence-corrected chi connectivity index (χ1v) is 7.04. The van der Waals surface area contributed by atoms with Crippen molar-refractivity contribution in [1.82, 2.24) is 0 Å². The molecule has 1 heterocycles. The van der Waals surface area contributed by atoms with Crippen molar-refractivity contribution in [2.45, 2.75) is 6.04 Å². The molecular formula is C15H13NO2S. The number of nitrogens with zero attached hydrogens (tertiary/aromatic N) is 1. The van der Waals surface area contributed by atoms with Crippen molar-refractivity contribution in [3.8, 4) is 0 Å². The summed E-state index contributed by atoms with van der Waals surface area (Å²) in [6.07, 6.45) is 0. The molecule has 1 atom stereocenters. The van der Waals surface area contributed by atoms with Gasteiger partial charge in [-0.15, -0.1) is 11.8 Å². The summed E-state index contributed by atoms with van der Waals surface area (Å²) in [7, 11) is 1.40. The summed E-state index contributed by atoms with van der Waals surface area (Å²) in [4.78, 5) is 15.9. The largest absolute Gasteiger partial charge is 0.467 e. The number of methoxy groups -OCH3 is 1. The van der Waals surface area contributed by atoms with Crippen molar-refractivity contribution >= 4 is 33.5 Å². The normalized spacial score (nSPS) is 18.4. The number of aliphatic imine (C=N–C) groups is 1. The summed E-state index contributed by atoms with van der Waals surface area (Å²) in [5.74, 6) is 0.401. The molecule has 0 amide bonds. The molecule has 0 aromatic heterocycles. The van der Waals surface area contributed by atoms with Crippen LogP contribution in [0.25, 0.3) is 10.8 Å². The minimum Gasteiger partial charge on any atom is -0.467 e. The molecule has 1 aliphatic rings. The van der Waals surface area contributed by atoms with E-state index in [2.05, 4.69) is 29.3 Å². The maximum absolute atomic E-state index is 11.5. The van der Waals surface area contributed by atoms with Gasteiger partial charge in [0.25, 0.3) is 0 Å². The van der Waals surface area contributed by atoms with Crippen molar-refractivity contribution < 1.29 is 9.53 Å². The first-order chi connectivity index (χ1) is 9.28. The summed E-state index contributed by atoms with van der Waals surface area (Å²) in [5.41, 5.74) is 1.06. The van der Waals surface area contributed by atoms with Gasteiger partial charge in [0.05, 0.1) is 12.2 Å². The quantitative estimate of drug-likeness (QED) is 0.788. The second kappa shape index (κ2) is 5.05. The second-order valence-corrected chi connectivity index (χ2v) is 5.35. The van der Waals surface area contributed by atoms with Gasteiger partial charge in [0.1, 0.15) is 0 Å². The minimum absolute atomic E-state index is 0.261. The average Bonchev–Trinajstić information content (AvgIpc) is 2.95. The van der Waals surface area contributed by atoms with Gasteiger partial charge in [0.2, 0.25) is 0 Å². The molecule has 2 aromatic rings. The third kappa shape index (κ3) is 2.36. The SMILES string of the molecule is COC(=O)C1CSC(c2ccc3ccccc3c2)=N1. The number of hydrogen-bond acceptors (Lipinski definition) is 4. The molecule has 96 valence electrons. The van der Waals surface area contributed by atoms with Crippen molar-refractivity contribution in [3.05, 3.63) is 48.0 Å². The number of ether oxygens (including phenoxy) is 1. The highest BCUT2D eigenvalue weighted by Crippen LogP contribution is 2.26. The molecule has 0 saturated carbocycles. The lowest BCUT2D eigenvalue weighted by molar-refractivity contribution is -0.141. The maximum atomic E-state index is 11.5. The summed E-state index contributed by atoms with van der Waals surface area (Å²) in [6, 6.07) is 14.1. The fourth-order valence-electron chi connectivity index (χ4n) is 2.11. The Kier molecular flexibility index (Phi) is 3.25. The van der Waals surface area contributed by atoms with Crippen LogP contribution in [0.5, 0.6) is 0 Å². The zero-order valence-electron chi connectivity index (χ0n) is 10.5. The molecule has 0 saturated heterocycles. The Morgan fingerprint density at radius 1 is 1.26 bits per heavy atom. The van der Waals surface area contributed by atoms with Gasteiger partial charge in [-0.1, -0.05) is 36.4 Å². The highest BCUT2D eigenvalue weighted by molar-refractivity contribution is 8.14. The zero-order chi connectivity index (χ0) is 13.2. The van der Waals surface area contributed by atoms with Gasteiger partial charge in [-0.2, -0.15) is 0 Å². The van der Waals surface area contributed by atoms with Crippen LogP contribution in [0.3, 0.4) is 0 Å². The molecule has 3 nitrogen and oxygen atoms in total. The second-order valence-electron chi connectivity index (χ2n) is 4.35. The third-order valence-corrected chi connectivity index (χ3v) is 4.22. The van der Waals surface area contributed by atoms with Crippen LogP contribution in [0.4, 0.5) is 0 Å². The molecule has 0 fully saturated rings. The van der Waals surface area contributed by atoms with E-state index >= 15 is 0 Å². The monoisotopic (exact) mass is 271 g/mol. The van der Waals surface area contributed by atoms with E-state index in [1.807, 2.05) is 18.2 Å². The Balaban J connectivity index is 1.94. The number of fused-ring (bicyclic) bond motifs is 1. The summed E-state index contributed by atoms with van der Waals surface area (Å²) < 4.78 is 4.73. The van der Waals surface area contributed by atoms with E-state index in [1.165, 1.54) is 17.9 Å². The van der Waals surface area contributed by atoms with Gasteiger partial charge in [0, 0.05) is 11.3 Å². The molecule has 0 N–H and O–H groups in total. The van der Waals surface area contributed by atoms with Crippen LogP contribution in [-0.4, -0.2) is 29.9 Å². The predicted octanol–water partition coefficient (Wildman–Crippen LogP) is 2.87. The zero-order valence-corrected chi connectivity index (χ0v) is 11.3. The van der Waals surface area contributed by atoms with Crippen LogP contribution in [0, 0.1) is 0 Å². The van der Waals surface area contributed by atoms with E-state index in [0.717, 1.165) is 10.6 Å². The number of rotatable bonds is 2. The Bertz CT molecular complexity index is 666. The lowest BCUT2D eigenvalue weighted by Gasteiger charge is -2.02. The number of hydrogen-bond donors (Lipinski definition) is 0. The number of carbonyl (C=O) groups is 1. The molecule has 1 aliphatic heterocycles. The van der Waals surface area contributed by atoms with Crippen LogP contribution in [0.15, 0.2) is 47.5 Å². The lowest BCUT2D eigenvalue weighted by atomic mass is 10.1. The first kappa shape index (κ1) is 12.2. The lowest BCUT2D eigenvalue weighted by Crippen LogP contribution is -2.19. The molecule has 2 aromatic carbocycles. The van der Waals surface area contributed by atoms with E-state index in [-0.39, 0.29) is 12.0 Å². The van der Waals surface area contributed by atoms with Crippen molar-refractivity contribution in [3.63, 3.8) is 0 Å². The van der Waals surface area contributed by atoms with Gasteiger partial charge in [0.15, 0.2) is 6.04 Å². The Morgan fingerprint density at radius 3 is 2.84 bits per heavy atom. The van der Waals surface area contributed by atoms with E-state index < -0.39 is 0 Å². The van der Waals surface area contributed by atoms with Crippen LogP contribution in [0.2, 0.25) is 0 Å². The fourth-order valence-corrected chi connectivity index (χ4v) is 3.13. The number of benzene rings is 2. The van der Waals surface area contributed by atoms with Gasteiger partial charge < -0.3 is 4.74 Å². The van der Waals surface area contributed by atoms with Crippen molar-refractivity contribution in [2.24, 2.45) is 4.99 Å². The molecule has 19 heavy (non-hydrogen) atoms.